The second-order valence-corrected chi connectivity index (χ2v) is 7.07. The van der Waals surface area contributed by atoms with Crippen LogP contribution >= 0.6 is 0 Å². The summed E-state index contributed by atoms with van der Waals surface area (Å²) in [6.45, 7) is 0. The number of allylic oxidation sites excluding steroid dienone is 2. The zero-order chi connectivity index (χ0) is 19.6. The molecule has 0 aliphatic heterocycles. The molecule has 29 heavy (non-hydrogen) atoms. The second kappa shape index (κ2) is 7.35. The summed E-state index contributed by atoms with van der Waals surface area (Å²) in [7, 11) is 0. The van der Waals surface area contributed by atoms with E-state index >= 15 is 0 Å². The molecule has 3 aromatic heterocycles. The summed E-state index contributed by atoms with van der Waals surface area (Å²) in [6, 6.07) is 13.3. The fourth-order valence-electron chi connectivity index (χ4n) is 3.71. The summed E-state index contributed by atoms with van der Waals surface area (Å²) in [5.41, 5.74) is 2.49. The fourth-order valence-corrected chi connectivity index (χ4v) is 3.71. The summed E-state index contributed by atoms with van der Waals surface area (Å²) in [4.78, 5) is 21.7. The number of nitrogens with one attached hydrogen (secondary N) is 1. The molecule has 0 spiro atoms. The van der Waals surface area contributed by atoms with Crippen LogP contribution in [-0.2, 0) is 0 Å². The maximum absolute atomic E-state index is 12.6. The maximum Gasteiger partial charge on any atom is 0.252 e. The molecule has 4 aromatic rings. The van der Waals surface area contributed by atoms with Gasteiger partial charge in [-0.2, -0.15) is 10.1 Å². The van der Waals surface area contributed by atoms with Gasteiger partial charge in [0.1, 0.15) is 5.65 Å². The van der Waals surface area contributed by atoms with E-state index < -0.39 is 0 Å². The molecule has 0 amide bonds. The molecule has 7 nitrogen and oxygen atoms in total. The molecule has 1 N–H and O–H groups in total. The highest BCUT2D eigenvalue weighted by Crippen LogP contribution is 2.25. The van der Waals surface area contributed by atoms with E-state index in [4.69, 9.17) is 0 Å². The van der Waals surface area contributed by atoms with Gasteiger partial charge in [-0.15, -0.1) is 0 Å². The highest BCUT2D eigenvalue weighted by molar-refractivity contribution is 5.76. The molecule has 0 saturated carbocycles. The van der Waals surface area contributed by atoms with Gasteiger partial charge in [0.25, 0.3) is 5.56 Å². The van der Waals surface area contributed by atoms with E-state index in [-0.39, 0.29) is 11.6 Å². The molecule has 1 aliphatic carbocycles. The van der Waals surface area contributed by atoms with Crippen molar-refractivity contribution in [2.75, 3.05) is 5.32 Å². The fraction of sp³-hybridized carbons (Fsp3) is 0.182. The smallest absolute Gasteiger partial charge is 0.252 e. The number of anilines is 2. The molecular weight excluding hydrogens is 364 g/mol. The Kier molecular flexibility index (Phi) is 4.40. The molecule has 1 atom stereocenters. The molecule has 7 heteroatoms. The first-order valence-electron chi connectivity index (χ1n) is 9.68. The van der Waals surface area contributed by atoms with E-state index in [1.807, 2.05) is 41.1 Å². The molecular formula is C22H20N6O. The van der Waals surface area contributed by atoms with E-state index in [1.54, 1.807) is 29.2 Å². The third kappa shape index (κ3) is 3.42. The molecule has 0 fully saturated rings. The summed E-state index contributed by atoms with van der Waals surface area (Å²) < 4.78 is 3.61. The van der Waals surface area contributed by atoms with E-state index in [0.717, 1.165) is 36.0 Å². The Balaban J connectivity index is 1.48. The number of rotatable bonds is 4. The molecule has 5 rings (SSSR count). The number of aromatic nitrogens is 5. The van der Waals surface area contributed by atoms with Crippen LogP contribution in [-0.4, -0.2) is 24.3 Å². The Hall–Kier alpha value is -3.74. The van der Waals surface area contributed by atoms with Crippen molar-refractivity contribution in [3.05, 3.63) is 83.6 Å². The Morgan fingerprint density at radius 3 is 2.72 bits per heavy atom. The predicted octanol–water partition coefficient (Wildman–Crippen LogP) is 4.00. The molecule has 1 aromatic carbocycles. The van der Waals surface area contributed by atoms with Gasteiger partial charge >= 0.3 is 0 Å². The highest BCUT2D eigenvalue weighted by atomic mass is 16.1. The van der Waals surface area contributed by atoms with Crippen molar-refractivity contribution in [2.45, 2.75) is 25.3 Å². The summed E-state index contributed by atoms with van der Waals surface area (Å²) in [5, 5.41) is 8.33. The topological polar surface area (TPSA) is 77.6 Å². The number of pyridine rings is 1. The Morgan fingerprint density at radius 1 is 1.07 bits per heavy atom. The minimum absolute atomic E-state index is 0.0222. The average molecular weight is 384 g/mol. The number of hydrogen-bond acceptors (Lipinski definition) is 5. The van der Waals surface area contributed by atoms with Crippen molar-refractivity contribution in [3.63, 3.8) is 0 Å². The monoisotopic (exact) mass is 384 g/mol. The lowest BCUT2D eigenvalue weighted by Gasteiger charge is -2.22. The van der Waals surface area contributed by atoms with Gasteiger partial charge < -0.3 is 5.32 Å². The van der Waals surface area contributed by atoms with Crippen LogP contribution in [0.15, 0.2) is 78.0 Å². The zero-order valence-electron chi connectivity index (χ0n) is 15.8. The standard InChI is InChI=1S/C22H20N6O/c29-20-12-7-16-15-23-22(26-21(16)28(20)19-5-2-1-3-6-19)25-17-8-10-18(11-9-17)27-14-4-13-24-27/h1-2,4,7-15,19H,3,5-6H2,(H,23,25,26). The molecule has 0 saturated heterocycles. The molecule has 0 radical (unpaired) electrons. The van der Waals surface area contributed by atoms with Crippen molar-refractivity contribution >= 4 is 22.7 Å². The summed E-state index contributed by atoms with van der Waals surface area (Å²) in [5.74, 6) is 0.468. The minimum atomic E-state index is -0.0222. The Labute approximate surface area is 167 Å². The normalized spacial score (nSPS) is 16.2. The lowest BCUT2D eigenvalue weighted by Crippen LogP contribution is -2.26. The van der Waals surface area contributed by atoms with Gasteiger partial charge in [0.05, 0.1) is 5.69 Å². The number of nitrogens with zero attached hydrogens (tertiary/aromatic N) is 5. The van der Waals surface area contributed by atoms with Gasteiger partial charge in [0.2, 0.25) is 5.95 Å². The molecule has 3 heterocycles. The lowest BCUT2D eigenvalue weighted by atomic mass is 10.0. The first-order chi connectivity index (χ1) is 14.3. The summed E-state index contributed by atoms with van der Waals surface area (Å²) >= 11 is 0. The van der Waals surface area contributed by atoms with Crippen molar-refractivity contribution in [1.29, 1.82) is 0 Å². The van der Waals surface area contributed by atoms with E-state index in [0.29, 0.717) is 11.6 Å². The quantitative estimate of drug-likeness (QED) is 0.538. The van der Waals surface area contributed by atoms with Gasteiger partial charge in [-0.05, 0) is 55.7 Å². The Bertz CT molecular complexity index is 1220. The number of benzene rings is 1. The number of fused-ring (bicyclic) bond motifs is 1. The second-order valence-electron chi connectivity index (χ2n) is 7.07. The van der Waals surface area contributed by atoms with E-state index in [1.165, 1.54) is 0 Å². The highest BCUT2D eigenvalue weighted by Gasteiger charge is 2.17. The van der Waals surface area contributed by atoms with Gasteiger partial charge in [-0.1, -0.05) is 12.2 Å². The van der Waals surface area contributed by atoms with E-state index in [9.17, 15) is 4.79 Å². The van der Waals surface area contributed by atoms with Crippen LogP contribution in [0.25, 0.3) is 16.7 Å². The molecule has 1 unspecified atom stereocenters. The van der Waals surface area contributed by atoms with Gasteiger partial charge in [0.15, 0.2) is 0 Å². The average Bonchev–Trinajstić information content (AvgIpc) is 3.30. The van der Waals surface area contributed by atoms with Crippen LogP contribution in [0, 0.1) is 0 Å². The molecule has 0 bridgehead atoms. The zero-order valence-corrected chi connectivity index (χ0v) is 15.8. The van der Waals surface area contributed by atoms with Crippen LogP contribution in [0.3, 0.4) is 0 Å². The van der Waals surface area contributed by atoms with Crippen molar-refractivity contribution in [2.24, 2.45) is 0 Å². The maximum atomic E-state index is 12.6. The minimum Gasteiger partial charge on any atom is -0.324 e. The van der Waals surface area contributed by atoms with Crippen LogP contribution in [0.2, 0.25) is 0 Å². The van der Waals surface area contributed by atoms with Crippen molar-refractivity contribution < 1.29 is 0 Å². The first kappa shape index (κ1) is 17.4. The van der Waals surface area contributed by atoms with Crippen LogP contribution < -0.4 is 10.9 Å². The van der Waals surface area contributed by atoms with Gasteiger partial charge in [0, 0.05) is 41.8 Å². The largest absolute Gasteiger partial charge is 0.324 e. The van der Waals surface area contributed by atoms with Crippen molar-refractivity contribution in [3.8, 4) is 5.69 Å². The first-order valence-corrected chi connectivity index (χ1v) is 9.68. The molecule has 144 valence electrons. The van der Waals surface area contributed by atoms with Gasteiger partial charge in [-0.25, -0.2) is 9.67 Å². The summed E-state index contributed by atoms with van der Waals surface area (Å²) in [6.07, 6.45) is 12.5. The number of hydrogen-bond donors (Lipinski definition) is 1. The Morgan fingerprint density at radius 2 is 1.97 bits per heavy atom. The third-order valence-electron chi connectivity index (χ3n) is 5.17. The SMILES string of the molecule is O=c1ccc2cnc(Nc3ccc(-n4cccn4)cc3)nc2n1C1CC=CCC1. The third-order valence-corrected chi connectivity index (χ3v) is 5.17. The van der Waals surface area contributed by atoms with E-state index in [2.05, 4.69) is 32.5 Å². The van der Waals surface area contributed by atoms with Gasteiger partial charge in [-0.3, -0.25) is 9.36 Å². The molecule has 1 aliphatic rings. The van der Waals surface area contributed by atoms with Crippen LogP contribution in [0.1, 0.15) is 25.3 Å². The van der Waals surface area contributed by atoms with Crippen molar-refractivity contribution in [1.82, 2.24) is 24.3 Å². The lowest BCUT2D eigenvalue weighted by molar-refractivity contribution is 0.459. The van der Waals surface area contributed by atoms with Crippen LogP contribution in [0.5, 0.6) is 0 Å². The van der Waals surface area contributed by atoms with Crippen LogP contribution in [0.4, 0.5) is 11.6 Å². The predicted molar refractivity (Wildman–Crippen MR) is 113 cm³/mol.